The zero-order valence-electron chi connectivity index (χ0n) is 12.4. The second-order valence-electron chi connectivity index (χ2n) is 5.06. The van der Waals surface area contributed by atoms with Crippen LogP contribution < -0.4 is 10.2 Å². The summed E-state index contributed by atoms with van der Waals surface area (Å²) < 4.78 is 38.5. The monoisotopic (exact) mass is 290 g/mol. The molecular formula is C13H21F3N4. The smallest absolute Gasteiger partial charge is 0.370 e. The van der Waals surface area contributed by atoms with Crippen LogP contribution in [-0.4, -0.2) is 29.6 Å². The molecule has 1 N–H and O–H groups in total. The average molecular weight is 290 g/mol. The molecule has 0 bridgehead atoms. The maximum absolute atomic E-state index is 12.8. The van der Waals surface area contributed by atoms with Crippen molar-refractivity contribution < 1.29 is 13.2 Å². The third-order valence-electron chi connectivity index (χ3n) is 3.26. The largest absolute Gasteiger partial charge is 0.451 e. The van der Waals surface area contributed by atoms with Crippen LogP contribution in [-0.2, 0) is 6.18 Å². The fourth-order valence-electron chi connectivity index (χ4n) is 1.67. The molecule has 0 aliphatic heterocycles. The molecule has 1 aromatic rings. The Hall–Kier alpha value is -1.53. The standard InChI is InChI=1S/C13H21F3N4/c1-6-17-10-7-11(20(5)9(4)8(2)3)19-12(18-10)13(14,15)16/h7-9H,6H2,1-5H3,(H,17,18,19). The first kappa shape index (κ1) is 16.5. The van der Waals surface area contributed by atoms with Crippen molar-refractivity contribution in [3.8, 4) is 0 Å². The van der Waals surface area contributed by atoms with E-state index >= 15 is 0 Å². The van der Waals surface area contributed by atoms with Gasteiger partial charge in [0.1, 0.15) is 11.6 Å². The number of halogens is 3. The molecule has 1 unspecified atom stereocenters. The molecule has 114 valence electrons. The van der Waals surface area contributed by atoms with Gasteiger partial charge in [-0.2, -0.15) is 13.2 Å². The Bertz CT molecular complexity index is 446. The highest BCUT2D eigenvalue weighted by atomic mass is 19.4. The van der Waals surface area contributed by atoms with E-state index in [9.17, 15) is 13.2 Å². The number of nitrogens with zero attached hydrogens (tertiary/aromatic N) is 3. The van der Waals surface area contributed by atoms with E-state index < -0.39 is 12.0 Å². The normalized spacial score (nSPS) is 13.4. The predicted octanol–water partition coefficient (Wildman–Crippen LogP) is 3.41. The van der Waals surface area contributed by atoms with E-state index in [-0.39, 0.29) is 17.7 Å². The van der Waals surface area contributed by atoms with Gasteiger partial charge in [0, 0.05) is 25.7 Å². The summed E-state index contributed by atoms with van der Waals surface area (Å²) in [5.74, 6) is -0.363. The van der Waals surface area contributed by atoms with Gasteiger partial charge in [-0.15, -0.1) is 0 Å². The summed E-state index contributed by atoms with van der Waals surface area (Å²) in [6, 6.07) is 1.61. The lowest BCUT2D eigenvalue weighted by atomic mass is 10.1. The zero-order chi connectivity index (χ0) is 15.5. The quantitative estimate of drug-likeness (QED) is 0.902. The summed E-state index contributed by atoms with van der Waals surface area (Å²) in [6.45, 7) is 8.27. The summed E-state index contributed by atoms with van der Waals surface area (Å²) >= 11 is 0. The van der Waals surface area contributed by atoms with Gasteiger partial charge in [0.15, 0.2) is 0 Å². The molecule has 0 aliphatic rings. The zero-order valence-corrected chi connectivity index (χ0v) is 12.4. The summed E-state index contributed by atoms with van der Waals surface area (Å²) in [6.07, 6.45) is -4.55. The molecule has 1 heterocycles. The molecule has 0 fully saturated rings. The van der Waals surface area contributed by atoms with Gasteiger partial charge in [-0.3, -0.25) is 0 Å². The van der Waals surface area contributed by atoms with Crippen molar-refractivity contribution in [2.75, 3.05) is 23.8 Å². The molecule has 1 rings (SSSR count). The van der Waals surface area contributed by atoms with Crippen LogP contribution in [0.15, 0.2) is 6.07 Å². The van der Waals surface area contributed by atoms with Crippen molar-refractivity contribution in [1.29, 1.82) is 0 Å². The Morgan fingerprint density at radius 1 is 1.25 bits per heavy atom. The predicted molar refractivity (Wildman–Crippen MR) is 73.9 cm³/mol. The summed E-state index contributed by atoms with van der Waals surface area (Å²) in [5.41, 5.74) is 0. The van der Waals surface area contributed by atoms with Crippen LogP contribution in [0.2, 0.25) is 0 Å². The van der Waals surface area contributed by atoms with E-state index in [4.69, 9.17) is 0 Å². The third kappa shape index (κ3) is 3.98. The second kappa shape index (κ2) is 6.28. The fraction of sp³-hybridized carbons (Fsp3) is 0.692. The summed E-state index contributed by atoms with van der Waals surface area (Å²) in [5, 5.41) is 2.81. The fourth-order valence-corrected chi connectivity index (χ4v) is 1.67. The van der Waals surface area contributed by atoms with Gasteiger partial charge in [-0.25, -0.2) is 9.97 Å². The molecule has 1 atom stereocenters. The van der Waals surface area contributed by atoms with Crippen molar-refractivity contribution in [2.45, 2.75) is 39.9 Å². The maximum atomic E-state index is 12.8. The first-order chi connectivity index (χ1) is 9.16. The minimum absolute atomic E-state index is 0.0699. The molecule has 4 nitrogen and oxygen atoms in total. The molecular weight excluding hydrogens is 269 g/mol. The number of alkyl halides is 3. The third-order valence-corrected chi connectivity index (χ3v) is 3.26. The highest BCUT2D eigenvalue weighted by Gasteiger charge is 2.36. The van der Waals surface area contributed by atoms with Gasteiger partial charge >= 0.3 is 6.18 Å². The first-order valence-electron chi connectivity index (χ1n) is 6.59. The van der Waals surface area contributed by atoms with E-state index in [0.717, 1.165) is 0 Å². The Balaban J connectivity index is 3.21. The van der Waals surface area contributed by atoms with Crippen LogP contribution in [0.3, 0.4) is 0 Å². The highest BCUT2D eigenvalue weighted by Crippen LogP contribution is 2.29. The van der Waals surface area contributed by atoms with Gasteiger partial charge in [-0.1, -0.05) is 13.8 Å². The molecule has 7 heteroatoms. The lowest BCUT2D eigenvalue weighted by Gasteiger charge is -2.29. The Kier molecular flexibility index (Phi) is 5.19. The highest BCUT2D eigenvalue weighted by molar-refractivity contribution is 5.49. The van der Waals surface area contributed by atoms with Crippen molar-refractivity contribution in [3.05, 3.63) is 11.9 Å². The first-order valence-corrected chi connectivity index (χ1v) is 6.59. The molecule has 0 spiro atoms. The van der Waals surface area contributed by atoms with E-state index in [1.54, 1.807) is 18.9 Å². The number of anilines is 2. The minimum Gasteiger partial charge on any atom is -0.370 e. The van der Waals surface area contributed by atoms with E-state index in [0.29, 0.717) is 12.5 Å². The van der Waals surface area contributed by atoms with Crippen molar-refractivity contribution >= 4 is 11.6 Å². The van der Waals surface area contributed by atoms with Crippen LogP contribution in [0.25, 0.3) is 0 Å². The van der Waals surface area contributed by atoms with Crippen LogP contribution in [0.4, 0.5) is 24.8 Å². The van der Waals surface area contributed by atoms with Gasteiger partial charge < -0.3 is 10.2 Å². The number of hydrogen-bond acceptors (Lipinski definition) is 4. The molecule has 0 amide bonds. The number of aromatic nitrogens is 2. The van der Waals surface area contributed by atoms with Gasteiger partial charge in [-0.05, 0) is 19.8 Å². The molecule has 0 aliphatic carbocycles. The maximum Gasteiger partial charge on any atom is 0.451 e. The number of hydrogen-bond donors (Lipinski definition) is 1. The Morgan fingerprint density at radius 3 is 2.30 bits per heavy atom. The molecule has 0 radical (unpaired) electrons. The Labute approximate surface area is 117 Å². The van der Waals surface area contributed by atoms with Crippen LogP contribution >= 0.6 is 0 Å². The summed E-state index contributed by atoms with van der Waals surface area (Å²) in [4.78, 5) is 8.89. The topological polar surface area (TPSA) is 41.0 Å². The van der Waals surface area contributed by atoms with E-state index in [2.05, 4.69) is 15.3 Å². The number of nitrogens with one attached hydrogen (secondary N) is 1. The van der Waals surface area contributed by atoms with Crippen LogP contribution in [0, 0.1) is 5.92 Å². The van der Waals surface area contributed by atoms with Gasteiger partial charge in [0.05, 0.1) is 0 Å². The van der Waals surface area contributed by atoms with Crippen molar-refractivity contribution in [2.24, 2.45) is 5.92 Å². The van der Waals surface area contributed by atoms with E-state index in [1.165, 1.54) is 6.07 Å². The molecule has 0 saturated heterocycles. The summed E-state index contributed by atoms with van der Waals surface area (Å²) in [7, 11) is 1.74. The van der Waals surface area contributed by atoms with Crippen LogP contribution in [0.5, 0.6) is 0 Å². The molecule has 20 heavy (non-hydrogen) atoms. The lowest BCUT2D eigenvalue weighted by molar-refractivity contribution is -0.144. The molecule has 0 saturated carbocycles. The molecule has 0 aromatic carbocycles. The van der Waals surface area contributed by atoms with Gasteiger partial charge in [0.2, 0.25) is 5.82 Å². The Morgan fingerprint density at radius 2 is 1.85 bits per heavy atom. The average Bonchev–Trinajstić information content (AvgIpc) is 2.35. The lowest BCUT2D eigenvalue weighted by Crippen LogP contribution is -2.34. The van der Waals surface area contributed by atoms with Crippen molar-refractivity contribution in [1.82, 2.24) is 9.97 Å². The number of rotatable bonds is 5. The van der Waals surface area contributed by atoms with Gasteiger partial charge in [0.25, 0.3) is 0 Å². The molecule has 1 aromatic heterocycles. The van der Waals surface area contributed by atoms with Crippen LogP contribution in [0.1, 0.15) is 33.5 Å². The minimum atomic E-state index is -4.55. The van der Waals surface area contributed by atoms with Crippen molar-refractivity contribution in [3.63, 3.8) is 0 Å². The SMILES string of the molecule is CCNc1cc(N(C)C(C)C(C)C)nc(C(F)(F)F)n1. The van der Waals surface area contributed by atoms with E-state index in [1.807, 2.05) is 20.8 Å². The second-order valence-corrected chi connectivity index (χ2v) is 5.06.